The molecule has 2 amide bonds. The molecule has 0 saturated heterocycles. The lowest BCUT2D eigenvalue weighted by molar-refractivity contribution is -0.116. The van der Waals surface area contributed by atoms with Gasteiger partial charge in [0.25, 0.3) is 5.91 Å². The van der Waals surface area contributed by atoms with Crippen molar-refractivity contribution >= 4 is 23.2 Å². The van der Waals surface area contributed by atoms with Gasteiger partial charge in [0.05, 0.1) is 23.5 Å². The first-order valence-electron chi connectivity index (χ1n) is 6.04. The van der Waals surface area contributed by atoms with E-state index in [4.69, 9.17) is 17.2 Å². The number of nitrogens with zero attached hydrogens (tertiary/aromatic N) is 1. The van der Waals surface area contributed by atoms with Crippen LogP contribution >= 0.6 is 0 Å². The Morgan fingerprint density at radius 1 is 1.26 bits per heavy atom. The van der Waals surface area contributed by atoms with Gasteiger partial charge in [0, 0.05) is 6.54 Å². The van der Waals surface area contributed by atoms with Crippen molar-refractivity contribution in [3.05, 3.63) is 23.8 Å². The zero-order valence-electron chi connectivity index (χ0n) is 11.2. The Bertz CT molecular complexity index is 486. The molecule has 0 heterocycles. The quantitative estimate of drug-likeness (QED) is 0.641. The molecule has 1 rings (SSSR count). The van der Waals surface area contributed by atoms with Gasteiger partial charge >= 0.3 is 0 Å². The van der Waals surface area contributed by atoms with Gasteiger partial charge in [-0.1, -0.05) is 19.9 Å². The lowest BCUT2D eigenvalue weighted by Crippen LogP contribution is -2.37. The van der Waals surface area contributed by atoms with Crippen LogP contribution in [0.5, 0.6) is 0 Å². The number of amides is 2. The van der Waals surface area contributed by atoms with E-state index in [1.54, 1.807) is 23.1 Å². The maximum absolute atomic E-state index is 11.3. The van der Waals surface area contributed by atoms with Crippen LogP contribution < -0.4 is 22.1 Å². The third kappa shape index (κ3) is 3.87. The van der Waals surface area contributed by atoms with Crippen LogP contribution in [0.3, 0.4) is 0 Å². The molecule has 6 N–H and O–H groups in total. The van der Waals surface area contributed by atoms with E-state index in [9.17, 15) is 9.59 Å². The lowest BCUT2D eigenvalue weighted by atomic mass is 10.1. The van der Waals surface area contributed by atoms with E-state index in [-0.39, 0.29) is 17.8 Å². The number of anilines is 2. The Morgan fingerprint density at radius 3 is 2.37 bits per heavy atom. The molecule has 1 aromatic carbocycles. The van der Waals surface area contributed by atoms with Crippen molar-refractivity contribution in [2.24, 2.45) is 17.4 Å². The monoisotopic (exact) mass is 264 g/mol. The number of nitrogen functional groups attached to an aromatic ring is 1. The highest BCUT2D eigenvalue weighted by atomic mass is 16.1. The Labute approximate surface area is 112 Å². The van der Waals surface area contributed by atoms with Crippen molar-refractivity contribution in [1.82, 2.24) is 0 Å². The zero-order chi connectivity index (χ0) is 14.6. The molecule has 0 bridgehead atoms. The van der Waals surface area contributed by atoms with Gasteiger partial charge in [-0.15, -0.1) is 0 Å². The van der Waals surface area contributed by atoms with Crippen LogP contribution in [0, 0.1) is 5.92 Å². The van der Waals surface area contributed by atoms with Crippen molar-refractivity contribution in [3.8, 4) is 0 Å². The van der Waals surface area contributed by atoms with Gasteiger partial charge in [-0.05, 0) is 18.1 Å². The minimum Gasteiger partial charge on any atom is -0.396 e. The second-order valence-electron chi connectivity index (χ2n) is 4.84. The van der Waals surface area contributed by atoms with Gasteiger partial charge in [0.15, 0.2) is 0 Å². The van der Waals surface area contributed by atoms with Crippen LogP contribution in [0.4, 0.5) is 11.4 Å². The topological polar surface area (TPSA) is 115 Å². The number of carbonyl (C=O) groups is 2. The number of carbonyl (C=O) groups excluding carboxylic acids is 2. The molecular weight excluding hydrogens is 244 g/mol. The van der Waals surface area contributed by atoms with Crippen molar-refractivity contribution in [2.75, 3.05) is 23.7 Å². The largest absolute Gasteiger partial charge is 0.396 e. The van der Waals surface area contributed by atoms with Gasteiger partial charge < -0.3 is 22.1 Å². The molecule has 0 aliphatic heterocycles. The number of para-hydroxylation sites is 1. The summed E-state index contributed by atoms with van der Waals surface area (Å²) in [6, 6.07) is 4.98. The molecule has 0 fully saturated rings. The number of hydrogen-bond donors (Lipinski definition) is 3. The summed E-state index contributed by atoms with van der Waals surface area (Å²) in [7, 11) is 0. The highest BCUT2D eigenvalue weighted by molar-refractivity contribution is 6.01. The third-order valence-electron chi connectivity index (χ3n) is 2.62. The van der Waals surface area contributed by atoms with E-state index in [0.717, 1.165) is 0 Å². The minimum absolute atomic E-state index is 0.0462. The number of benzene rings is 1. The molecule has 0 atom stereocenters. The van der Waals surface area contributed by atoms with Crippen LogP contribution in [0.2, 0.25) is 0 Å². The maximum Gasteiger partial charge on any atom is 0.250 e. The molecule has 0 saturated carbocycles. The first-order chi connectivity index (χ1) is 8.82. The van der Waals surface area contributed by atoms with Crippen molar-refractivity contribution in [3.63, 3.8) is 0 Å². The predicted octanol–water partition coefficient (Wildman–Crippen LogP) is 0.315. The summed E-state index contributed by atoms with van der Waals surface area (Å²) in [5.74, 6) is -0.733. The van der Waals surface area contributed by atoms with Crippen LogP contribution in [-0.2, 0) is 4.79 Å². The van der Waals surface area contributed by atoms with Crippen LogP contribution in [-0.4, -0.2) is 24.9 Å². The van der Waals surface area contributed by atoms with Gasteiger partial charge in [0.2, 0.25) is 5.91 Å². The van der Waals surface area contributed by atoms with E-state index < -0.39 is 11.8 Å². The summed E-state index contributed by atoms with van der Waals surface area (Å²) in [5.41, 5.74) is 17.6. The third-order valence-corrected chi connectivity index (χ3v) is 2.62. The molecule has 0 unspecified atom stereocenters. The van der Waals surface area contributed by atoms with Gasteiger partial charge in [-0.3, -0.25) is 9.59 Å². The normalized spacial score (nSPS) is 10.5. The van der Waals surface area contributed by atoms with E-state index in [1.165, 1.54) is 0 Å². The van der Waals surface area contributed by atoms with Gasteiger partial charge in [-0.25, -0.2) is 0 Å². The number of primary amides is 2. The van der Waals surface area contributed by atoms with E-state index in [1.807, 2.05) is 13.8 Å². The molecular formula is C13H20N4O2. The molecule has 0 aromatic heterocycles. The summed E-state index contributed by atoms with van der Waals surface area (Å²) < 4.78 is 0. The first kappa shape index (κ1) is 14.8. The second-order valence-corrected chi connectivity index (χ2v) is 4.84. The predicted molar refractivity (Wildman–Crippen MR) is 75.6 cm³/mol. The average molecular weight is 264 g/mol. The standard InChI is InChI=1S/C13H20N4O2/c1-8(2)6-17(7-11(14)18)10-5-3-4-9(12(10)15)13(16)19/h3-5,8H,6-7,15H2,1-2H3,(H2,14,18)(H2,16,19). The Morgan fingerprint density at radius 2 is 1.89 bits per heavy atom. The number of nitrogens with two attached hydrogens (primary N) is 3. The van der Waals surface area contributed by atoms with Crippen molar-refractivity contribution < 1.29 is 9.59 Å². The highest BCUT2D eigenvalue weighted by Gasteiger charge is 2.17. The molecule has 6 heteroatoms. The van der Waals surface area contributed by atoms with Crippen molar-refractivity contribution in [2.45, 2.75) is 13.8 Å². The van der Waals surface area contributed by atoms with Gasteiger partial charge in [0.1, 0.15) is 0 Å². The first-order valence-corrected chi connectivity index (χ1v) is 6.04. The Balaban J connectivity index is 3.18. The smallest absolute Gasteiger partial charge is 0.250 e. The zero-order valence-corrected chi connectivity index (χ0v) is 11.2. The van der Waals surface area contributed by atoms with Crippen molar-refractivity contribution in [1.29, 1.82) is 0 Å². The molecule has 6 nitrogen and oxygen atoms in total. The summed E-state index contributed by atoms with van der Waals surface area (Å²) >= 11 is 0. The summed E-state index contributed by atoms with van der Waals surface area (Å²) in [5, 5.41) is 0. The average Bonchev–Trinajstić information content (AvgIpc) is 2.26. The summed E-state index contributed by atoms with van der Waals surface area (Å²) in [6.07, 6.45) is 0. The van der Waals surface area contributed by atoms with Crippen LogP contribution in [0.15, 0.2) is 18.2 Å². The molecule has 1 aromatic rings. The fraction of sp³-hybridized carbons (Fsp3) is 0.385. The molecule has 0 aliphatic carbocycles. The molecule has 104 valence electrons. The molecule has 19 heavy (non-hydrogen) atoms. The van der Waals surface area contributed by atoms with E-state index in [2.05, 4.69) is 0 Å². The molecule has 0 spiro atoms. The molecule has 0 radical (unpaired) electrons. The van der Waals surface area contributed by atoms with Gasteiger partial charge in [-0.2, -0.15) is 0 Å². The lowest BCUT2D eigenvalue weighted by Gasteiger charge is -2.27. The van der Waals surface area contributed by atoms with Crippen LogP contribution in [0.1, 0.15) is 24.2 Å². The number of hydrogen-bond acceptors (Lipinski definition) is 4. The summed E-state index contributed by atoms with van der Waals surface area (Å²) in [4.78, 5) is 24.2. The van der Waals surface area contributed by atoms with Crippen LogP contribution in [0.25, 0.3) is 0 Å². The maximum atomic E-state index is 11.3. The minimum atomic E-state index is -0.595. The van der Waals surface area contributed by atoms with E-state index >= 15 is 0 Å². The highest BCUT2D eigenvalue weighted by Crippen LogP contribution is 2.27. The fourth-order valence-corrected chi connectivity index (χ4v) is 1.92. The fourth-order valence-electron chi connectivity index (χ4n) is 1.92. The van der Waals surface area contributed by atoms with E-state index in [0.29, 0.717) is 18.2 Å². The number of rotatable bonds is 6. The summed E-state index contributed by atoms with van der Waals surface area (Å²) in [6.45, 7) is 4.68. The molecule has 0 aliphatic rings. The Kier molecular flexibility index (Phi) is 4.74. The SMILES string of the molecule is CC(C)CN(CC(N)=O)c1cccc(C(N)=O)c1N. The Hall–Kier alpha value is -2.24. The second kappa shape index (κ2) is 6.08.